The fourth-order valence-electron chi connectivity index (χ4n) is 2.15. The molecule has 4 N–H and O–H groups in total. The van der Waals surface area contributed by atoms with Crippen LogP contribution in [0.1, 0.15) is 36.5 Å². The summed E-state index contributed by atoms with van der Waals surface area (Å²) in [5, 5.41) is 11.9. The van der Waals surface area contributed by atoms with E-state index in [-0.39, 0.29) is 12.5 Å². The highest BCUT2D eigenvalue weighted by atomic mass is 16.5. The molecule has 1 aromatic carbocycles. The summed E-state index contributed by atoms with van der Waals surface area (Å²) in [6, 6.07) is 4.95. The minimum absolute atomic E-state index is 0.145. The molecule has 0 fully saturated rings. The normalized spacial score (nSPS) is 11.9. The molecule has 0 saturated carbocycles. The Bertz CT molecular complexity index is 429. The van der Waals surface area contributed by atoms with Crippen LogP contribution in [-0.4, -0.2) is 31.3 Å². The number of aliphatic hydroxyl groups excluding tert-OH is 1. The van der Waals surface area contributed by atoms with Crippen LogP contribution in [0, 0.1) is 5.92 Å². The number of benzene rings is 1. The molecule has 112 valence electrons. The molecule has 1 atom stereocenters. The number of nitrogen functional groups attached to an aromatic ring is 1. The monoisotopic (exact) mass is 280 g/mol. The molecule has 0 radical (unpaired) electrons. The van der Waals surface area contributed by atoms with Crippen molar-refractivity contribution in [3.63, 3.8) is 0 Å². The van der Waals surface area contributed by atoms with Crippen LogP contribution in [0.2, 0.25) is 0 Å². The van der Waals surface area contributed by atoms with E-state index in [9.17, 15) is 4.79 Å². The number of nitrogens with one attached hydrogen (secondary N) is 1. The lowest BCUT2D eigenvalue weighted by Gasteiger charge is -2.16. The number of anilines is 1. The number of carbonyl (C=O) groups is 1. The van der Waals surface area contributed by atoms with Gasteiger partial charge >= 0.3 is 0 Å². The Morgan fingerprint density at radius 2 is 2.15 bits per heavy atom. The van der Waals surface area contributed by atoms with Crippen molar-refractivity contribution in [2.75, 3.05) is 26.0 Å². The number of rotatable bonds is 8. The average Bonchev–Trinajstić information content (AvgIpc) is 2.44. The highest BCUT2D eigenvalue weighted by Gasteiger charge is 2.12. The first-order chi connectivity index (χ1) is 9.60. The Balaban J connectivity index is 2.63. The fourth-order valence-corrected chi connectivity index (χ4v) is 2.15. The third-order valence-corrected chi connectivity index (χ3v) is 3.21. The first-order valence-electron chi connectivity index (χ1n) is 6.94. The topological polar surface area (TPSA) is 84.6 Å². The maximum absolute atomic E-state index is 12.1. The maximum atomic E-state index is 12.1. The summed E-state index contributed by atoms with van der Waals surface area (Å²) in [5.74, 6) is 0.696. The average molecular weight is 280 g/mol. The van der Waals surface area contributed by atoms with Gasteiger partial charge in [-0.2, -0.15) is 0 Å². The van der Waals surface area contributed by atoms with Crippen molar-refractivity contribution >= 4 is 11.6 Å². The lowest BCUT2D eigenvalue weighted by Crippen LogP contribution is -2.29. The summed E-state index contributed by atoms with van der Waals surface area (Å²) >= 11 is 0. The molecule has 1 rings (SSSR count). The minimum atomic E-state index is -0.172. The highest BCUT2D eigenvalue weighted by molar-refractivity contribution is 5.95. The first-order valence-corrected chi connectivity index (χ1v) is 6.94. The Labute approximate surface area is 120 Å². The molecule has 0 bridgehead atoms. The Kier molecular flexibility index (Phi) is 6.87. The van der Waals surface area contributed by atoms with E-state index in [4.69, 9.17) is 15.6 Å². The zero-order valence-corrected chi connectivity index (χ0v) is 12.2. The number of hydrogen-bond acceptors (Lipinski definition) is 4. The van der Waals surface area contributed by atoms with Crippen LogP contribution in [0.25, 0.3) is 0 Å². The summed E-state index contributed by atoms with van der Waals surface area (Å²) in [6.45, 7) is 2.80. The summed E-state index contributed by atoms with van der Waals surface area (Å²) in [4.78, 5) is 12.1. The standard InChI is InChI=1S/C15H24N2O3/c1-3-4-11(5-6-18)10-17-15(19)12-7-13(16)9-14(8-12)20-2/h7-9,11,18H,3-6,10,16H2,1-2H3,(H,17,19). The van der Waals surface area contributed by atoms with Crippen LogP contribution >= 0.6 is 0 Å². The van der Waals surface area contributed by atoms with Gasteiger partial charge in [-0.15, -0.1) is 0 Å². The lowest BCUT2D eigenvalue weighted by molar-refractivity contribution is 0.0942. The zero-order valence-electron chi connectivity index (χ0n) is 12.2. The summed E-state index contributed by atoms with van der Waals surface area (Å²) < 4.78 is 5.10. The first kappa shape index (κ1) is 16.3. The number of aliphatic hydroxyl groups is 1. The van der Waals surface area contributed by atoms with E-state index in [2.05, 4.69) is 12.2 Å². The van der Waals surface area contributed by atoms with E-state index < -0.39 is 0 Å². The van der Waals surface area contributed by atoms with E-state index in [0.29, 0.717) is 35.9 Å². The Hall–Kier alpha value is -1.75. The lowest BCUT2D eigenvalue weighted by atomic mass is 10.00. The SMILES string of the molecule is CCCC(CCO)CNC(=O)c1cc(N)cc(OC)c1. The van der Waals surface area contributed by atoms with Gasteiger partial charge in [0.1, 0.15) is 5.75 Å². The number of nitrogens with two attached hydrogens (primary N) is 1. The van der Waals surface area contributed by atoms with Gasteiger partial charge in [0.25, 0.3) is 5.91 Å². The van der Waals surface area contributed by atoms with Gasteiger partial charge in [-0.1, -0.05) is 13.3 Å². The summed E-state index contributed by atoms with van der Waals surface area (Å²) in [7, 11) is 1.54. The van der Waals surface area contributed by atoms with Gasteiger partial charge in [-0.3, -0.25) is 4.79 Å². The minimum Gasteiger partial charge on any atom is -0.497 e. The Morgan fingerprint density at radius 3 is 2.75 bits per heavy atom. The van der Waals surface area contributed by atoms with Crippen molar-refractivity contribution in [2.24, 2.45) is 5.92 Å². The molecule has 1 amide bonds. The number of hydrogen-bond donors (Lipinski definition) is 3. The van der Waals surface area contributed by atoms with Crippen LogP contribution in [-0.2, 0) is 0 Å². The van der Waals surface area contributed by atoms with Crippen molar-refractivity contribution in [3.8, 4) is 5.75 Å². The molecular formula is C15H24N2O3. The van der Waals surface area contributed by atoms with E-state index in [1.165, 1.54) is 7.11 Å². The van der Waals surface area contributed by atoms with Gasteiger partial charge < -0.3 is 20.9 Å². The van der Waals surface area contributed by atoms with Gasteiger partial charge in [-0.05, 0) is 30.9 Å². The van der Waals surface area contributed by atoms with E-state index in [1.807, 2.05) is 0 Å². The molecule has 0 aliphatic carbocycles. The summed E-state index contributed by atoms with van der Waals surface area (Å²) in [6.07, 6.45) is 2.72. The number of carbonyl (C=O) groups excluding carboxylic acids is 1. The number of methoxy groups -OCH3 is 1. The molecule has 1 aromatic rings. The van der Waals surface area contributed by atoms with Gasteiger partial charge in [0.2, 0.25) is 0 Å². The molecule has 0 aliphatic rings. The van der Waals surface area contributed by atoms with Gasteiger partial charge in [0.15, 0.2) is 0 Å². The molecule has 0 saturated heterocycles. The molecular weight excluding hydrogens is 256 g/mol. The second-order valence-corrected chi connectivity index (χ2v) is 4.87. The van der Waals surface area contributed by atoms with Crippen LogP contribution in [0.4, 0.5) is 5.69 Å². The molecule has 20 heavy (non-hydrogen) atoms. The maximum Gasteiger partial charge on any atom is 0.251 e. The van der Waals surface area contributed by atoms with E-state index in [0.717, 1.165) is 12.8 Å². The predicted octanol–water partition coefficient (Wildman–Crippen LogP) is 1.81. The molecule has 0 aliphatic heterocycles. The van der Waals surface area contributed by atoms with Crippen LogP contribution < -0.4 is 15.8 Å². The van der Waals surface area contributed by atoms with Crippen molar-refractivity contribution in [1.82, 2.24) is 5.32 Å². The smallest absolute Gasteiger partial charge is 0.251 e. The van der Waals surface area contributed by atoms with Gasteiger partial charge in [0.05, 0.1) is 7.11 Å². The van der Waals surface area contributed by atoms with Crippen molar-refractivity contribution in [1.29, 1.82) is 0 Å². The molecule has 0 aromatic heterocycles. The highest BCUT2D eigenvalue weighted by Crippen LogP contribution is 2.18. The number of ether oxygens (including phenoxy) is 1. The molecule has 5 heteroatoms. The summed E-state index contributed by atoms with van der Waals surface area (Å²) in [5.41, 5.74) is 6.71. The number of amides is 1. The van der Waals surface area contributed by atoms with E-state index in [1.54, 1.807) is 18.2 Å². The predicted molar refractivity (Wildman–Crippen MR) is 79.8 cm³/mol. The Morgan fingerprint density at radius 1 is 1.40 bits per heavy atom. The quantitative estimate of drug-likeness (QED) is 0.634. The third-order valence-electron chi connectivity index (χ3n) is 3.21. The third kappa shape index (κ3) is 5.09. The second-order valence-electron chi connectivity index (χ2n) is 4.87. The van der Waals surface area contributed by atoms with Crippen LogP contribution in [0.5, 0.6) is 5.75 Å². The molecule has 5 nitrogen and oxygen atoms in total. The molecule has 1 unspecified atom stereocenters. The zero-order chi connectivity index (χ0) is 15.0. The second kappa shape index (κ2) is 8.43. The largest absolute Gasteiger partial charge is 0.497 e. The van der Waals surface area contributed by atoms with Crippen molar-refractivity contribution in [2.45, 2.75) is 26.2 Å². The van der Waals surface area contributed by atoms with Crippen LogP contribution in [0.3, 0.4) is 0 Å². The van der Waals surface area contributed by atoms with E-state index >= 15 is 0 Å². The van der Waals surface area contributed by atoms with Crippen molar-refractivity contribution in [3.05, 3.63) is 23.8 Å². The van der Waals surface area contributed by atoms with Crippen molar-refractivity contribution < 1.29 is 14.6 Å². The fraction of sp³-hybridized carbons (Fsp3) is 0.533. The molecule has 0 spiro atoms. The van der Waals surface area contributed by atoms with Gasteiger partial charge in [-0.25, -0.2) is 0 Å². The van der Waals surface area contributed by atoms with Crippen LogP contribution in [0.15, 0.2) is 18.2 Å². The van der Waals surface area contributed by atoms with Gasteiger partial charge in [0, 0.05) is 30.5 Å². The molecule has 0 heterocycles.